The summed E-state index contributed by atoms with van der Waals surface area (Å²) in [5.41, 5.74) is 7.01. The maximum atomic E-state index is 14.2. The molecule has 0 bridgehead atoms. The van der Waals surface area contributed by atoms with Gasteiger partial charge in [-0.2, -0.15) is 0 Å². The number of carbonyl (C=O) groups excluding carboxylic acids is 1. The molecule has 1 unspecified atom stereocenters. The van der Waals surface area contributed by atoms with Crippen LogP contribution in [0.3, 0.4) is 0 Å². The highest BCUT2D eigenvalue weighted by atomic mass is 32.2. The highest BCUT2D eigenvalue weighted by Crippen LogP contribution is 2.39. The Morgan fingerprint density at radius 1 is 1.23 bits per heavy atom. The first-order valence-corrected chi connectivity index (χ1v) is 12.7. The first-order valence-electron chi connectivity index (χ1n) is 11.2. The Labute approximate surface area is 204 Å². The summed E-state index contributed by atoms with van der Waals surface area (Å²) in [7, 11) is -4.27. The molecule has 184 valence electrons. The number of amides is 1. The Hall–Kier alpha value is -3.53. The van der Waals surface area contributed by atoms with Crippen LogP contribution in [0.15, 0.2) is 53.6 Å². The smallest absolute Gasteiger partial charge is 0.268 e. The molecule has 1 aliphatic heterocycles. The van der Waals surface area contributed by atoms with Crippen molar-refractivity contribution in [3.05, 3.63) is 65.6 Å². The van der Waals surface area contributed by atoms with Crippen molar-refractivity contribution in [3.63, 3.8) is 0 Å². The van der Waals surface area contributed by atoms with Gasteiger partial charge in [0.1, 0.15) is 22.3 Å². The summed E-state index contributed by atoms with van der Waals surface area (Å²) < 4.78 is 42.1. The number of halogens is 1. The molecular formula is C25H28FN5O3S. The minimum absolute atomic E-state index is 0.0922. The third-order valence-corrected chi connectivity index (χ3v) is 8.23. The molecule has 10 heteroatoms. The van der Waals surface area contributed by atoms with E-state index in [9.17, 15) is 17.6 Å². The van der Waals surface area contributed by atoms with Crippen molar-refractivity contribution in [2.45, 2.75) is 44.6 Å². The van der Waals surface area contributed by atoms with E-state index in [4.69, 9.17) is 10.7 Å². The molecule has 0 aliphatic carbocycles. The van der Waals surface area contributed by atoms with Crippen molar-refractivity contribution < 1.29 is 17.6 Å². The van der Waals surface area contributed by atoms with Crippen molar-refractivity contribution in [3.8, 4) is 11.3 Å². The fraction of sp³-hybridized carbons (Fsp3) is 0.320. The van der Waals surface area contributed by atoms with Gasteiger partial charge in [-0.15, -0.1) is 0 Å². The van der Waals surface area contributed by atoms with Crippen molar-refractivity contribution in [1.82, 2.24) is 14.7 Å². The molecule has 0 saturated carbocycles. The maximum Gasteiger partial charge on any atom is 0.268 e. The van der Waals surface area contributed by atoms with E-state index in [1.165, 1.54) is 30.5 Å². The lowest BCUT2D eigenvalue weighted by Gasteiger charge is -2.36. The summed E-state index contributed by atoms with van der Waals surface area (Å²) in [6.07, 6.45) is 2.24. The zero-order chi connectivity index (χ0) is 25.5. The summed E-state index contributed by atoms with van der Waals surface area (Å²) >= 11 is 0. The van der Waals surface area contributed by atoms with Gasteiger partial charge >= 0.3 is 0 Å². The number of aryl methyl sites for hydroxylation is 1. The first-order chi connectivity index (χ1) is 16.4. The number of nitrogens with zero attached hydrogens (tertiary/aromatic N) is 3. The molecule has 1 aliphatic rings. The average Bonchev–Trinajstić information content (AvgIpc) is 3.07. The molecule has 3 heterocycles. The summed E-state index contributed by atoms with van der Waals surface area (Å²) in [5, 5.41) is 0. The number of aromatic nitrogens is 2. The molecule has 3 aromatic rings. The maximum absolute atomic E-state index is 14.2. The SMILES string of the molecule is Cc1ccc(-c2ccc(C(=O)NS(=O)(=O)c3cccnc3N)c(N3CCC(C)C3(C)C)n2)cc1F. The highest BCUT2D eigenvalue weighted by molar-refractivity contribution is 7.90. The van der Waals surface area contributed by atoms with E-state index in [-0.39, 0.29) is 27.6 Å². The Morgan fingerprint density at radius 2 is 1.97 bits per heavy atom. The number of nitrogen functional groups attached to an aromatic ring is 1. The van der Waals surface area contributed by atoms with E-state index in [1.54, 1.807) is 25.1 Å². The summed E-state index contributed by atoms with van der Waals surface area (Å²) in [4.78, 5) is 23.5. The van der Waals surface area contributed by atoms with E-state index in [0.29, 0.717) is 35.1 Å². The standard InChI is InChI=1S/C25H28FN5O3S/c1-15-7-8-17(14-19(15)26)20-10-9-18(23(29-20)31-13-11-16(2)25(31,3)4)24(32)30-35(33,34)21-6-5-12-28-22(21)27/h5-10,12,14,16H,11,13H2,1-4H3,(H2,27,28)(H,30,32). The van der Waals surface area contributed by atoms with E-state index < -0.39 is 15.9 Å². The van der Waals surface area contributed by atoms with Crippen LogP contribution in [-0.4, -0.2) is 36.4 Å². The fourth-order valence-corrected chi connectivity index (χ4v) is 5.27. The van der Waals surface area contributed by atoms with Crippen molar-refractivity contribution in [2.24, 2.45) is 5.92 Å². The summed E-state index contributed by atoms with van der Waals surface area (Å²) in [6, 6.07) is 10.6. The molecule has 35 heavy (non-hydrogen) atoms. The van der Waals surface area contributed by atoms with Gasteiger partial charge in [-0.25, -0.2) is 27.5 Å². The van der Waals surface area contributed by atoms with Gasteiger partial charge in [0.05, 0.1) is 11.3 Å². The van der Waals surface area contributed by atoms with E-state index in [1.807, 2.05) is 4.90 Å². The molecule has 1 fully saturated rings. The first kappa shape index (κ1) is 24.6. The van der Waals surface area contributed by atoms with Crippen LogP contribution in [0.1, 0.15) is 43.1 Å². The molecule has 0 radical (unpaired) electrons. The normalized spacial score (nSPS) is 17.4. The van der Waals surface area contributed by atoms with Crippen molar-refractivity contribution in [2.75, 3.05) is 17.2 Å². The zero-order valence-electron chi connectivity index (χ0n) is 20.0. The number of rotatable bonds is 5. The minimum Gasteiger partial charge on any atom is -0.383 e. The highest BCUT2D eigenvalue weighted by Gasteiger charge is 2.41. The second-order valence-corrected chi connectivity index (χ2v) is 11.0. The molecular weight excluding hydrogens is 469 g/mol. The lowest BCUT2D eigenvalue weighted by molar-refractivity contribution is 0.0981. The van der Waals surface area contributed by atoms with Gasteiger partial charge in [0.15, 0.2) is 0 Å². The number of hydrogen-bond donors (Lipinski definition) is 2. The van der Waals surface area contributed by atoms with Crippen LogP contribution >= 0.6 is 0 Å². The third-order valence-electron chi connectivity index (χ3n) is 6.85. The molecule has 1 atom stereocenters. The number of carbonyl (C=O) groups is 1. The third kappa shape index (κ3) is 4.58. The number of pyridine rings is 2. The zero-order valence-corrected chi connectivity index (χ0v) is 20.9. The average molecular weight is 498 g/mol. The van der Waals surface area contributed by atoms with Gasteiger partial charge in [-0.3, -0.25) is 4.79 Å². The van der Waals surface area contributed by atoms with Crippen LogP contribution in [0.4, 0.5) is 16.0 Å². The second-order valence-electron chi connectivity index (χ2n) is 9.35. The van der Waals surface area contributed by atoms with E-state index in [0.717, 1.165) is 6.42 Å². The lowest BCUT2D eigenvalue weighted by Crippen LogP contribution is -2.43. The van der Waals surface area contributed by atoms with Crippen LogP contribution in [0.5, 0.6) is 0 Å². The van der Waals surface area contributed by atoms with Gasteiger partial charge in [0.2, 0.25) is 0 Å². The Balaban J connectivity index is 1.79. The van der Waals surface area contributed by atoms with Crippen LogP contribution in [-0.2, 0) is 10.0 Å². The number of benzene rings is 1. The molecule has 1 amide bonds. The van der Waals surface area contributed by atoms with Gasteiger partial charge in [0, 0.05) is 23.8 Å². The number of hydrogen-bond acceptors (Lipinski definition) is 7. The quantitative estimate of drug-likeness (QED) is 0.548. The second kappa shape index (κ2) is 8.92. The van der Waals surface area contributed by atoms with E-state index >= 15 is 0 Å². The number of nitrogens with two attached hydrogens (primary N) is 1. The van der Waals surface area contributed by atoms with Gasteiger partial charge in [-0.05, 0) is 69.0 Å². The van der Waals surface area contributed by atoms with Crippen LogP contribution < -0.4 is 15.4 Å². The van der Waals surface area contributed by atoms with Crippen molar-refractivity contribution in [1.29, 1.82) is 0 Å². The Bertz CT molecular complexity index is 1410. The van der Waals surface area contributed by atoms with Gasteiger partial charge < -0.3 is 10.6 Å². The van der Waals surface area contributed by atoms with E-state index in [2.05, 4.69) is 30.5 Å². The lowest BCUT2D eigenvalue weighted by atomic mass is 9.90. The predicted octanol–water partition coefficient (Wildman–Crippen LogP) is 3.92. The molecule has 1 saturated heterocycles. The molecule has 2 aromatic heterocycles. The minimum atomic E-state index is -4.27. The molecule has 8 nitrogen and oxygen atoms in total. The summed E-state index contributed by atoms with van der Waals surface area (Å²) in [6.45, 7) is 8.54. The Morgan fingerprint density at radius 3 is 2.60 bits per heavy atom. The number of anilines is 2. The van der Waals surface area contributed by atoms with Crippen LogP contribution in [0.25, 0.3) is 11.3 Å². The molecule has 1 aromatic carbocycles. The van der Waals surface area contributed by atoms with Gasteiger partial charge in [-0.1, -0.05) is 19.1 Å². The monoisotopic (exact) mass is 497 g/mol. The molecule has 0 spiro atoms. The van der Waals surface area contributed by atoms with Crippen LogP contribution in [0, 0.1) is 18.7 Å². The van der Waals surface area contributed by atoms with Crippen molar-refractivity contribution >= 4 is 27.6 Å². The topological polar surface area (TPSA) is 118 Å². The predicted molar refractivity (Wildman–Crippen MR) is 133 cm³/mol. The Kier molecular flexibility index (Phi) is 6.27. The largest absolute Gasteiger partial charge is 0.383 e. The number of sulfonamides is 1. The summed E-state index contributed by atoms with van der Waals surface area (Å²) in [5.74, 6) is -0.766. The number of nitrogens with one attached hydrogen (secondary N) is 1. The fourth-order valence-electron chi connectivity index (χ4n) is 4.22. The molecule has 3 N–H and O–H groups in total. The molecule has 4 rings (SSSR count). The van der Waals surface area contributed by atoms with Crippen LogP contribution in [0.2, 0.25) is 0 Å². The van der Waals surface area contributed by atoms with Gasteiger partial charge in [0.25, 0.3) is 15.9 Å².